The van der Waals surface area contributed by atoms with Gasteiger partial charge in [-0.2, -0.15) is 0 Å². The van der Waals surface area contributed by atoms with E-state index in [2.05, 4.69) is 42.9 Å². The highest BCUT2D eigenvalue weighted by molar-refractivity contribution is 5.26. The third-order valence-corrected chi connectivity index (χ3v) is 2.54. The van der Waals surface area contributed by atoms with E-state index in [9.17, 15) is 0 Å². The molecule has 1 N–H and O–H groups in total. The van der Waals surface area contributed by atoms with E-state index in [1.165, 1.54) is 11.1 Å². The Morgan fingerprint density at radius 1 is 1.47 bits per heavy atom. The number of aryl methyl sites for hydroxylation is 2. The lowest BCUT2D eigenvalue weighted by Gasteiger charge is -2.18. The summed E-state index contributed by atoms with van der Waals surface area (Å²) in [5, 5.41) is 3.31. The van der Waals surface area contributed by atoms with Gasteiger partial charge in [-0.15, -0.1) is 6.58 Å². The number of aromatic nitrogens is 1. The van der Waals surface area contributed by atoms with E-state index in [1.54, 1.807) is 0 Å². The normalized spacial score (nSPS) is 12.5. The van der Waals surface area contributed by atoms with Gasteiger partial charge in [0.15, 0.2) is 0 Å². The molecule has 0 saturated heterocycles. The molecule has 0 saturated carbocycles. The Morgan fingerprint density at radius 2 is 2.13 bits per heavy atom. The molecule has 2 nitrogen and oxygen atoms in total. The van der Waals surface area contributed by atoms with Crippen molar-refractivity contribution in [1.29, 1.82) is 0 Å². The van der Waals surface area contributed by atoms with E-state index in [-0.39, 0.29) is 0 Å². The van der Waals surface area contributed by atoms with Crippen molar-refractivity contribution in [2.75, 3.05) is 7.05 Å². The minimum atomic E-state index is 0.329. The van der Waals surface area contributed by atoms with Gasteiger partial charge in [-0.1, -0.05) is 11.6 Å². The van der Waals surface area contributed by atoms with Gasteiger partial charge in [0.2, 0.25) is 0 Å². The van der Waals surface area contributed by atoms with Crippen molar-refractivity contribution < 1.29 is 0 Å². The first kappa shape index (κ1) is 11.9. The number of nitrogens with one attached hydrogen (secondary N) is 1. The Morgan fingerprint density at radius 3 is 2.60 bits per heavy atom. The van der Waals surface area contributed by atoms with Crippen LogP contribution in [0.1, 0.15) is 36.3 Å². The minimum absolute atomic E-state index is 0.329. The lowest BCUT2D eigenvalue weighted by Crippen LogP contribution is -2.18. The fourth-order valence-electron chi connectivity index (χ4n) is 1.78. The summed E-state index contributed by atoms with van der Waals surface area (Å²) in [5.74, 6) is 0. The minimum Gasteiger partial charge on any atom is -0.313 e. The Hall–Kier alpha value is -1.15. The van der Waals surface area contributed by atoms with Crippen LogP contribution in [0.5, 0.6) is 0 Å². The molecule has 0 spiro atoms. The van der Waals surface area contributed by atoms with Crippen molar-refractivity contribution in [3.05, 3.63) is 41.2 Å². The Kier molecular flexibility index (Phi) is 4.04. The van der Waals surface area contributed by atoms with Crippen molar-refractivity contribution in [2.45, 2.75) is 33.2 Å². The van der Waals surface area contributed by atoms with Crippen LogP contribution < -0.4 is 5.32 Å². The van der Waals surface area contributed by atoms with Crippen molar-refractivity contribution in [3.8, 4) is 0 Å². The van der Waals surface area contributed by atoms with E-state index >= 15 is 0 Å². The summed E-state index contributed by atoms with van der Waals surface area (Å²) >= 11 is 0. The summed E-state index contributed by atoms with van der Waals surface area (Å²) in [7, 11) is 1.98. The third-order valence-electron chi connectivity index (χ3n) is 2.54. The molecule has 1 heterocycles. The number of pyridine rings is 1. The summed E-state index contributed by atoms with van der Waals surface area (Å²) in [6.07, 6.45) is 0.960. The summed E-state index contributed by atoms with van der Waals surface area (Å²) in [6, 6.07) is 4.54. The molecule has 0 fully saturated rings. The second kappa shape index (κ2) is 5.08. The Bertz CT molecular complexity index is 356. The largest absolute Gasteiger partial charge is 0.313 e. The first-order valence-corrected chi connectivity index (χ1v) is 5.30. The SMILES string of the molecule is C=C(C)CC(NC)c1ccc(C)nc1C. The predicted molar refractivity (Wildman–Crippen MR) is 64.9 cm³/mol. The first-order chi connectivity index (χ1) is 7.04. The van der Waals surface area contributed by atoms with Crippen molar-refractivity contribution in [3.63, 3.8) is 0 Å². The molecule has 1 atom stereocenters. The van der Waals surface area contributed by atoms with Crippen LogP contribution in [-0.4, -0.2) is 12.0 Å². The Balaban J connectivity index is 2.96. The zero-order chi connectivity index (χ0) is 11.4. The van der Waals surface area contributed by atoms with E-state index in [0.717, 1.165) is 17.8 Å². The fourth-order valence-corrected chi connectivity index (χ4v) is 1.78. The van der Waals surface area contributed by atoms with Crippen molar-refractivity contribution >= 4 is 0 Å². The standard InChI is InChI=1S/C13H20N2/c1-9(2)8-13(14-5)12-7-6-10(3)15-11(12)4/h6-7,13-14H,1,8H2,2-5H3. The van der Waals surface area contributed by atoms with Crippen LogP contribution in [0.4, 0.5) is 0 Å². The lowest BCUT2D eigenvalue weighted by molar-refractivity contribution is 0.583. The molecule has 0 aliphatic carbocycles. The van der Waals surface area contributed by atoms with Crippen LogP contribution in [-0.2, 0) is 0 Å². The smallest absolute Gasteiger partial charge is 0.0423 e. The molecule has 0 aliphatic rings. The maximum atomic E-state index is 4.48. The molecule has 2 heteroatoms. The van der Waals surface area contributed by atoms with Crippen LogP contribution in [0.3, 0.4) is 0 Å². The van der Waals surface area contributed by atoms with Crippen LogP contribution in [0, 0.1) is 13.8 Å². The molecule has 0 amide bonds. The second-order valence-corrected chi connectivity index (χ2v) is 4.13. The molecule has 1 aromatic rings. The number of hydrogen-bond donors (Lipinski definition) is 1. The quantitative estimate of drug-likeness (QED) is 0.763. The predicted octanol–water partition coefficient (Wildman–Crippen LogP) is 2.93. The first-order valence-electron chi connectivity index (χ1n) is 5.30. The zero-order valence-corrected chi connectivity index (χ0v) is 10.1. The molecule has 0 bridgehead atoms. The average Bonchev–Trinajstić information content (AvgIpc) is 2.14. The summed E-state index contributed by atoms with van der Waals surface area (Å²) < 4.78 is 0. The molecular weight excluding hydrogens is 184 g/mol. The van der Waals surface area contributed by atoms with Gasteiger partial charge in [0.1, 0.15) is 0 Å². The number of hydrogen-bond acceptors (Lipinski definition) is 2. The molecule has 0 aliphatic heterocycles. The highest BCUT2D eigenvalue weighted by Gasteiger charge is 2.12. The molecule has 1 aromatic heterocycles. The summed E-state index contributed by atoms with van der Waals surface area (Å²) in [4.78, 5) is 4.48. The second-order valence-electron chi connectivity index (χ2n) is 4.13. The molecule has 0 radical (unpaired) electrons. The molecule has 1 rings (SSSR count). The molecule has 82 valence electrons. The van der Waals surface area contributed by atoms with Crippen LogP contribution >= 0.6 is 0 Å². The van der Waals surface area contributed by atoms with Gasteiger partial charge in [0.05, 0.1) is 0 Å². The molecule has 1 unspecified atom stereocenters. The fraction of sp³-hybridized carbons (Fsp3) is 0.462. The topological polar surface area (TPSA) is 24.9 Å². The van der Waals surface area contributed by atoms with Gasteiger partial charge in [0, 0.05) is 17.4 Å². The van der Waals surface area contributed by atoms with E-state index in [1.807, 2.05) is 14.0 Å². The van der Waals surface area contributed by atoms with Gasteiger partial charge >= 0.3 is 0 Å². The van der Waals surface area contributed by atoms with Crippen LogP contribution in [0.2, 0.25) is 0 Å². The van der Waals surface area contributed by atoms with Crippen molar-refractivity contribution in [2.24, 2.45) is 0 Å². The van der Waals surface area contributed by atoms with Crippen LogP contribution in [0.15, 0.2) is 24.3 Å². The van der Waals surface area contributed by atoms with E-state index < -0.39 is 0 Å². The van der Waals surface area contributed by atoms with Gasteiger partial charge in [0.25, 0.3) is 0 Å². The highest BCUT2D eigenvalue weighted by Crippen LogP contribution is 2.22. The van der Waals surface area contributed by atoms with Gasteiger partial charge < -0.3 is 5.32 Å². The average molecular weight is 204 g/mol. The molecular formula is C13H20N2. The monoisotopic (exact) mass is 204 g/mol. The van der Waals surface area contributed by atoms with E-state index in [0.29, 0.717) is 6.04 Å². The van der Waals surface area contributed by atoms with Gasteiger partial charge in [-0.3, -0.25) is 4.98 Å². The number of rotatable bonds is 4. The third kappa shape index (κ3) is 3.17. The highest BCUT2D eigenvalue weighted by atomic mass is 14.9. The summed E-state index contributed by atoms with van der Waals surface area (Å²) in [5.41, 5.74) is 4.64. The van der Waals surface area contributed by atoms with Gasteiger partial charge in [-0.25, -0.2) is 0 Å². The van der Waals surface area contributed by atoms with Gasteiger partial charge in [-0.05, 0) is 45.9 Å². The van der Waals surface area contributed by atoms with E-state index in [4.69, 9.17) is 0 Å². The van der Waals surface area contributed by atoms with Crippen molar-refractivity contribution in [1.82, 2.24) is 10.3 Å². The molecule has 0 aromatic carbocycles. The summed E-state index contributed by atoms with van der Waals surface area (Å²) in [6.45, 7) is 10.1. The number of nitrogens with zero attached hydrogens (tertiary/aromatic N) is 1. The lowest BCUT2D eigenvalue weighted by atomic mass is 9.99. The maximum Gasteiger partial charge on any atom is 0.0423 e. The van der Waals surface area contributed by atoms with Crippen LogP contribution in [0.25, 0.3) is 0 Å². The maximum absolute atomic E-state index is 4.48. The Labute approximate surface area is 92.4 Å². The zero-order valence-electron chi connectivity index (χ0n) is 10.1. The molecule has 15 heavy (non-hydrogen) atoms.